The molecule has 1 aromatic rings. The van der Waals surface area contributed by atoms with Crippen molar-refractivity contribution in [2.75, 3.05) is 19.6 Å². The zero-order chi connectivity index (χ0) is 17.6. The van der Waals surface area contributed by atoms with Crippen molar-refractivity contribution in [2.45, 2.75) is 33.6 Å². The van der Waals surface area contributed by atoms with E-state index in [4.69, 9.17) is 0 Å². The third kappa shape index (κ3) is 5.80. The van der Waals surface area contributed by atoms with E-state index in [1.54, 1.807) is 30.6 Å². The molecule has 1 aliphatic rings. The number of rotatable bonds is 4. The number of carbonyl (C=O) groups excluding carboxylic acids is 2. The van der Waals surface area contributed by atoms with E-state index >= 15 is 0 Å². The van der Waals surface area contributed by atoms with Crippen LogP contribution in [0.4, 0.5) is 0 Å². The van der Waals surface area contributed by atoms with Crippen molar-refractivity contribution in [3.05, 3.63) is 42.2 Å². The third-order valence-electron chi connectivity index (χ3n) is 4.11. The Morgan fingerprint density at radius 1 is 1.33 bits per heavy atom. The number of hydrogen-bond donors (Lipinski definition) is 1. The van der Waals surface area contributed by atoms with Crippen LogP contribution in [0.3, 0.4) is 0 Å². The van der Waals surface area contributed by atoms with Crippen molar-refractivity contribution in [2.24, 2.45) is 11.3 Å². The number of aromatic nitrogens is 1. The smallest absolute Gasteiger partial charge is 0.255 e. The van der Waals surface area contributed by atoms with Crippen LogP contribution < -0.4 is 5.32 Å². The first-order chi connectivity index (χ1) is 11.3. The molecule has 0 aromatic carbocycles. The van der Waals surface area contributed by atoms with E-state index in [0.717, 1.165) is 25.9 Å². The Labute approximate surface area is 144 Å². The zero-order valence-electron chi connectivity index (χ0n) is 14.8. The zero-order valence-corrected chi connectivity index (χ0v) is 14.8. The lowest BCUT2D eigenvalue weighted by molar-refractivity contribution is -0.116. The summed E-state index contributed by atoms with van der Waals surface area (Å²) in [6.07, 6.45) is 8.62. The van der Waals surface area contributed by atoms with Gasteiger partial charge in [0.2, 0.25) is 5.91 Å². The van der Waals surface area contributed by atoms with Gasteiger partial charge >= 0.3 is 0 Å². The summed E-state index contributed by atoms with van der Waals surface area (Å²) in [4.78, 5) is 30.0. The van der Waals surface area contributed by atoms with Gasteiger partial charge in [-0.25, -0.2) is 0 Å². The van der Waals surface area contributed by atoms with Gasteiger partial charge in [0.25, 0.3) is 5.91 Å². The molecule has 0 bridgehead atoms. The summed E-state index contributed by atoms with van der Waals surface area (Å²) in [7, 11) is 0. The summed E-state index contributed by atoms with van der Waals surface area (Å²) < 4.78 is 0. The number of piperidine rings is 1. The van der Waals surface area contributed by atoms with Gasteiger partial charge in [-0.1, -0.05) is 26.8 Å². The highest BCUT2D eigenvalue weighted by Gasteiger charge is 2.23. The lowest BCUT2D eigenvalue weighted by Crippen LogP contribution is -2.41. The molecular weight excluding hydrogens is 302 g/mol. The molecule has 1 aliphatic heterocycles. The molecule has 2 heterocycles. The molecule has 0 unspecified atom stereocenters. The van der Waals surface area contributed by atoms with Crippen LogP contribution in [0.15, 0.2) is 36.7 Å². The molecule has 0 aliphatic carbocycles. The number of nitrogens with one attached hydrogen (secondary N) is 1. The highest BCUT2D eigenvalue weighted by Crippen LogP contribution is 2.18. The maximum Gasteiger partial charge on any atom is 0.255 e. The minimum absolute atomic E-state index is 0.00926. The molecular formula is C19H27N3O2. The van der Waals surface area contributed by atoms with Crippen LogP contribution in [0.5, 0.6) is 0 Å². The van der Waals surface area contributed by atoms with Gasteiger partial charge in [-0.05, 0) is 42.4 Å². The number of allylic oxidation sites excluding steroid dienone is 1. The van der Waals surface area contributed by atoms with E-state index in [1.165, 1.54) is 0 Å². The topological polar surface area (TPSA) is 62.3 Å². The molecule has 24 heavy (non-hydrogen) atoms. The molecule has 0 saturated carbocycles. The van der Waals surface area contributed by atoms with Crippen LogP contribution in [0, 0.1) is 11.3 Å². The number of carbonyl (C=O) groups is 2. The first-order valence-electron chi connectivity index (χ1n) is 8.51. The fourth-order valence-corrected chi connectivity index (χ4v) is 2.64. The normalized spacial score (nSPS) is 16.4. The van der Waals surface area contributed by atoms with Crippen molar-refractivity contribution in [3.63, 3.8) is 0 Å². The molecule has 0 spiro atoms. The average Bonchev–Trinajstić information content (AvgIpc) is 2.58. The highest BCUT2D eigenvalue weighted by molar-refractivity contribution is 5.93. The SMILES string of the molecule is CC(C)(C)/C=C/C(=O)NCC1CCN(C(=O)c2cccnc2)CC1. The average molecular weight is 329 g/mol. The van der Waals surface area contributed by atoms with E-state index < -0.39 is 0 Å². The van der Waals surface area contributed by atoms with Crippen molar-refractivity contribution in [3.8, 4) is 0 Å². The quantitative estimate of drug-likeness (QED) is 0.864. The Balaban J connectivity index is 1.74. The van der Waals surface area contributed by atoms with Gasteiger partial charge in [0.1, 0.15) is 0 Å². The lowest BCUT2D eigenvalue weighted by atomic mass is 9.95. The molecule has 5 nitrogen and oxygen atoms in total. The monoisotopic (exact) mass is 329 g/mol. The first kappa shape index (κ1) is 18.2. The first-order valence-corrected chi connectivity index (χ1v) is 8.51. The Bertz CT molecular complexity index is 582. The van der Waals surface area contributed by atoms with Crippen LogP contribution in [-0.2, 0) is 4.79 Å². The molecule has 0 atom stereocenters. The van der Waals surface area contributed by atoms with Gasteiger partial charge in [0.15, 0.2) is 0 Å². The van der Waals surface area contributed by atoms with Gasteiger partial charge in [-0.3, -0.25) is 14.6 Å². The molecule has 130 valence electrons. The summed E-state index contributed by atoms with van der Waals surface area (Å²) >= 11 is 0. The van der Waals surface area contributed by atoms with Crippen LogP contribution >= 0.6 is 0 Å². The number of pyridine rings is 1. The maximum absolute atomic E-state index is 12.4. The Morgan fingerprint density at radius 3 is 2.62 bits per heavy atom. The van der Waals surface area contributed by atoms with Gasteiger partial charge in [0, 0.05) is 32.0 Å². The molecule has 2 amide bonds. The Morgan fingerprint density at radius 2 is 2.04 bits per heavy atom. The highest BCUT2D eigenvalue weighted by atomic mass is 16.2. The van der Waals surface area contributed by atoms with Crippen molar-refractivity contribution in [1.29, 1.82) is 0 Å². The van der Waals surface area contributed by atoms with E-state index in [0.29, 0.717) is 18.0 Å². The summed E-state index contributed by atoms with van der Waals surface area (Å²) in [5.74, 6) is 0.424. The summed E-state index contributed by atoms with van der Waals surface area (Å²) in [5.41, 5.74) is 0.645. The fourth-order valence-electron chi connectivity index (χ4n) is 2.64. The largest absolute Gasteiger partial charge is 0.352 e. The molecule has 1 saturated heterocycles. The Hall–Kier alpha value is -2.17. The van der Waals surface area contributed by atoms with E-state index in [9.17, 15) is 9.59 Å². The predicted molar refractivity (Wildman–Crippen MR) is 94.5 cm³/mol. The summed E-state index contributed by atoms with van der Waals surface area (Å²) in [6, 6.07) is 3.57. The maximum atomic E-state index is 12.4. The van der Waals surface area contributed by atoms with Crippen molar-refractivity contribution < 1.29 is 9.59 Å². The minimum atomic E-state index is -0.0428. The lowest BCUT2D eigenvalue weighted by Gasteiger charge is -2.32. The second-order valence-corrected chi connectivity index (χ2v) is 7.42. The van der Waals surface area contributed by atoms with Crippen molar-refractivity contribution >= 4 is 11.8 Å². The molecule has 1 N–H and O–H groups in total. The van der Waals surface area contributed by atoms with E-state index in [2.05, 4.69) is 31.1 Å². The Kier molecular flexibility index (Phi) is 6.12. The second kappa shape index (κ2) is 8.08. The fraction of sp³-hybridized carbons (Fsp3) is 0.526. The third-order valence-corrected chi connectivity index (χ3v) is 4.11. The number of amides is 2. The molecule has 0 radical (unpaired) electrons. The van der Waals surface area contributed by atoms with Crippen LogP contribution in [0.1, 0.15) is 44.0 Å². The number of likely N-dealkylation sites (tertiary alicyclic amines) is 1. The summed E-state index contributed by atoms with van der Waals surface area (Å²) in [5, 5.41) is 2.96. The van der Waals surface area contributed by atoms with Crippen LogP contribution in [0.25, 0.3) is 0 Å². The molecule has 1 fully saturated rings. The minimum Gasteiger partial charge on any atom is -0.352 e. The number of nitrogens with zero attached hydrogens (tertiary/aromatic N) is 2. The predicted octanol–water partition coefficient (Wildman–Crippen LogP) is 2.65. The number of hydrogen-bond acceptors (Lipinski definition) is 3. The molecule has 5 heteroatoms. The van der Waals surface area contributed by atoms with E-state index in [-0.39, 0.29) is 17.2 Å². The molecule has 1 aromatic heterocycles. The van der Waals surface area contributed by atoms with Gasteiger partial charge in [-0.15, -0.1) is 0 Å². The molecule has 2 rings (SSSR count). The second-order valence-electron chi connectivity index (χ2n) is 7.42. The van der Waals surface area contributed by atoms with Gasteiger partial charge < -0.3 is 10.2 Å². The van der Waals surface area contributed by atoms with Crippen molar-refractivity contribution in [1.82, 2.24) is 15.2 Å². The van der Waals surface area contributed by atoms with Crippen LogP contribution in [0.2, 0.25) is 0 Å². The van der Waals surface area contributed by atoms with E-state index in [1.807, 2.05) is 11.0 Å². The summed E-state index contributed by atoms with van der Waals surface area (Å²) in [6.45, 7) is 8.31. The van der Waals surface area contributed by atoms with Crippen LogP contribution in [-0.4, -0.2) is 41.3 Å². The standard InChI is InChI=1S/C19H27N3O2/c1-19(2,3)9-6-17(23)21-13-15-7-11-22(12-8-15)18(24)16-5-4-10-20-14-16/h4-6,9-10,14-15H,7-8,11-13H2,1-3H3,(H,21,23)/b9-6+. The van der Waals surface area contributed by atoms with Gasteiger partial charge in [0.05, 0.1) is 5.56 Å². The van der Waals surface area contributed by atoms with Gasteiger partial charge in [-0.2, -0.15) is 0 Å².